The van der Waals surface area contributed by atoms with Gasteiger partial charge < -0.3 is 4.90 Å². The van der Waals surface area contributed by atoms with E-state index in [4.69, 9.17) is 0 Å². The maximum atomic E-state index is 2.40. The van der Waals surface area contributed by atoms with Crippen LogP contribution in [-0.2, 0) is 5.41 Å². The third-order valence-electron chi connectivity index (χ3n) is 12.9. The molecular weight excluding hydrogens is 747 g/mol. The first-order valence-corrected chi connectivity index (χ1v) is 21.6. The fraction of sp³-hybridized carbons (Fsp3) is 0.0492. The zero-order valence-electron chi connectivity index (χ0n) is 35.0. The summed E-state index contributed by atoms with van der Waals surface area (Å²) in [5.74, 6) is 0. The minimum atomic E-state index is -0.0445. The Hall–Kier alpha value is -7.74. The molecular formula is C61H45N. The molecule has 0 amide bonds. The molecule has 0 N–H and O–H groups in total. The number of nitrogens with zero attached hydrogens (tertiary/aromatic N) is 1. The molecule has 1 nitrogen and oxygen atoms in total. The zero-order chi connectivity index (χ0) is 41.6. The van der Waals surface area contributed by atoms with E-state index in [0.717, 1.165) is 17.1 Å². The molecule has 0 bridgehead atoms. The van der Waals surface area contributed by atoms with Crippen LogP contribution in [0.15, 0.2) is 237 Å². The highest BCUT2D eigenvalue weighted by atomic mass is 15.1. The lowest BCUT2D eigenvalue weighted by Crippen LogP contribution is -2.14. The van der Waals surface area contributed by atoms with Crippen molar-refractivity contribution in [2.75, 3.05) is 4.90 Å². The van der Waals surface area contributed by atoms with Crippen molar-refractivity contribution in [3.05, 3.63) is 248 Å². The Kier molecular flexibility index (Phi) is 9.24. The average molecular weight is 792 g/mol. The van der Waals surface area contributed by atoms with Crippen molar-refractivity contribution in [2.24, 2.45) is 0 Å². The van der Waals surface area contributed by atoms with Crippen LogP contribution in [0.3, 0.4) is 0 Å². The SMILES string of the molecule is CC1(C)c2ccccc2-c2ccc(-c3ccc(N(c4ccc(-c5cccc(-c6ccccc6)c5)cc4)c4ccc(-c5cccc(-c6cccc7ccccc67)c5)cc4)cc3)cc21. The molecule has 10 aromatic rings. The molecule has 0 saturated heterocycles. The monoisotopic (exact) mass is 791 g/mol. The molecule has 0 atom stereocenters. The van der Waals surface area contributed by atoms with Gasteiger partial charge in [-0.05, 0) is 143 Å². The van der Waals surface area contributed by atoms with Crippen LogP contribution in [0.2, 0.25) is 0 Å². The van der Waals surface area contributed by atoms with Gasteiger partial charge in [-0.3, -0.25) is 0 Å². The molecule has 1 heteroatoms. The van der Waals surface area contributed by atoms with Crippen LogP contribution in [0, 0.1) is 0 Å². The van der Waals surface area contributed by atoms with Gasteiger partial charge in [0.05, 0.1) is 0 Å². The molecule has 0 unspecified atom stereocenters. The van der Waals surface area contributed by atoms with E-state index in [1.807, 2.05) is 0 Å². The van der Waals surface area contributed by atoms with Gasteiger partial charge in [-0.1, -0.05) is 196 Å². The van der Waals surface area contributed by atoms with E-state index in [0.29, 0.717) is 0 Å². The van der Waals surface area contributed by atoms with Gasteiger partial charge in [0.25, 0.3) is 0 Å². The quantitative estimate of drug-likeness (QED) is 0.148. The summed E-state index contributed by atoms with van der Waals surface area (Å²) < 4.78 is 0. The van der Waals surface area contributed by atoms with Crippen molar-refractivity contribution >= 4 is 27.8 Å². The molecule has 0 aliphatic heterocycles. The highest BCUT2D eigenvalue weighted by Gasteiger charge is 2.35. The predicted molar refractivity (Wildman–Crippen MR) is 263 cm³/mol. The second-order valence-corrected chi connectivity index (χ2v) is 17.0. The number of fused-ring (bicyclic) bond motifs is 4. The van der Waals surface area contributed by atoms with Crippen LogP contribution in [0.1, 0.15) is 25.0 Å². The van der Waals surface area contributed by atoms with Gasteiger partial charge >= 0.3 is 0 Å². The lowest BCUT2D eigenvalue weighted by Gasteiger charge is -2.26. The normalized spacial score (nSPS) is 12.5. The molecule has 11 rings (SSSR count). The van der Waals surface area contributed by atoms with E-state index in [1.54, 1.807) is 0 Å². The Morgan fingerprint density at radius 1 is 0.274 bits per heavy atom. The number of benzene rings is 10. The predicted octanol–water partition coefficient (Wildman–Crippen LogP) is 17.0. The molecule has 0 heterocycles. The third kappa shape index (κ3) is 6.69. The largest absolute Gasteiger partial charge is 0.311 e. The van der Waals surface area contributed by atoms with Crippen LogP contribution in [0.4, 0.5) is 17.1 Å². The highest BCUT2D eigenvalue weighted by Crippen LogP contribution is 2.49. The first kappa shape index (κ1) is 37.3. The lowest BCUT2D eigenvalue weighted by molar-refractivity contribution is 0.660. The fourth-order valence-corrected chi connectivity index (χ4v) is 9.59. The van der Waals surface area contributed by atoms with Crippen molar-refractivity contribution in [2.45, 2.75) is 19.3 Å². The topological polar surface area (TPSA) is 3.24 Å². The molecule has 0 aromatic heterocycles. The van der Waals surface area contributed by atoms with Crippen molar-refractivity contribution in [3.63, 3.8) is 0 Å². The summed E-state index contributed by atoms with van der Waals surface area (Å²) in [5, 5.41) is 2.52. The highest BCUT2D eigenvalue weighted by molar-refractivity contribution is 5.97. The Morgan fingerprint density at radius 2 is 0.677 bits per heavy atom. The Bertz CT molecular complexity index is 3220. The molecule has 0 fully saturated rings. The molecule has 1 aliphatic rings. The average Bonchev–Trinajstić information content (AvgIpc) is 3.57. The molecule has 0 saturated carbocycles. The first-order valence-electron chi connectivity index (χ1n) is 21.6. The van der Waals surface area contributed by atoms with E-state index in [2.05, 4.69) is 255 Å². The molecule has 62 heavy (non-hydrogen) atoms. The summed E-state index contributed by atoms with van der Waals surface area (Å²) in [4.78, 5) is 2.37. The van der Waals surface area contributed by atoms with E-state index in [1.165, 1.54) is 88.7 Å². The molecule has 1 aliphatic carbocycles. The van der Waals surface area contributed by atoms with Gasteiger partial charge in [-0.15, -0.1) is 0 Å². The Labute approximate surface area is 364 Å². The van der Waals surface area contributed by atoms with Gasteiger partial charge in [0.15, 0.2) is 0 Å². The summed E-state index contributed by atoms with van der Waals surface area (Å²) in [5.41, 5.74) is 20.8. The molecule has 10 aromatic carbocycles. The second kappa shape index (κ2) is 15.4. The second-order valence-electron chi connectivity index (χ2n) is 17.0. The number of hydrogen-bond donors (Lipinski definition) is 0. The Morgan fingerprint density at radius 3 is 1.31 bits per heavy atom. The van der Waals surface area contributed by atoms with Crippen LogP contribution < -0.4 is 4.90 Å². The zero-order valence-corrected chi connectivity index (χ0v) is 35.0. The van der Waals surface area contributed by atoms with E-state index >= 15 is 0 Å². The minimum absolute atomic E-state index is 0.0445. The van der Waals surface area contributed by atoms with Crippen LogP contribution >= 0.6 is 0 Å². The summed E-state index contributed by atoms with van der Waals surface area (Å²) in [7, 11) is 0. The van der Waals surface area contributed by atoms with Crippen molar-refractivity contribution in [3.8, 4) is 66.8 Å². The molecule has 0 radical (unpaired) electrons. The number of rotatable bonds is 8. The van der Waals surface area contributed by atoms with Gasteiger partial charge in [-0.2, -0.15) is 0 Å². The van der Waals surface area contributed by atoms with E-state index in [-0.39, 0.29) is 5.41 Å². The van der Waals surface area contributed by atoms with Gasteiger partial charge in [0, 0.05) is 22.5 Å². The minimum Gasteiger partial charge on any atom is -0.311 e. The molecule has 0 spiro atoms. The summed E-state index contributed by atoms with van der Waals surface area (Å²) >= 11 is 0. The lowest BCUT2D eigenvalue weighted by atomic mass is 9.81. The summed E-state index contributed by atoms with van der Waals surface area (Å²) in [6.45, 7) is 4.70. The van der Waals surface area contributed by atoms with Crippen LogP contribution in [0.25, 0.3) is 77.5 Å². The molecule has 294 valence electrons. The smallest absolute Gasteiger partial charge is 0.0462 e. The summed E-state index contributed by atoms with van der Waals surface area (Å²) in [6, 6.07) is 86.5. The maximum absolute atomic E-state index is 2.40. The fourth-order valence-electron chi connectivity index (χ4n) is 9.59. The van der Waals surface area contributed by atoms with Crippen molar-refractivity contribution in [1.29, 1.82) is 0 Å². The van der Waals surface area contributed by atoms with Crippen molar-refractivity contribution < 1.29 is 0 Å². The Balaban J connectivity index is 0.945. The standard InChI is InChI=1S/C61H45N/c1-61(2)59-24-9-8-22-57(59)58-38-31-50(41-60(58)61)45-29-36-54(37-30-45)62(52-32-25-43(26-33-52)48-18-10-17-47(39-48)42-13-4-3-5-14-42)53-34-27-44(28-35-53)49-19-11-20-51(40-49)56-23-12-16-46-15-6-7-21-55(46)56/h3-41H,1-2H3. The van der Waals surface area contributed by atoms with Crippen molar-refractivity contribution in [1.82, 2.24) is 0 Å². The van der Waals surface area contributed by atoms with Gasteiger partial charge in [-0.25, -0.2) is 0 Å². The number of hydrogen-bond acceptors (Lipinski definition) is 1. The maximum Gasteiger partial charge on any atom is 0.0462 e. The van der Waals surface area contributed by atoms with Crippen LogP contribution in [-0.4, -0.2) is 0 Å². The third-order valence-corrected chi connectivity index (χ3v) is 12.9. The number of anilines is 3. The van der Waals surface area contributed by atoms with E-state index < -0.39 is 0 Å². The van der Waals surface area contributed by atoms with E-state index in [9.17, 15) is 0 Å². The van der Waals surface area contributed by atoms with Gasteiger partial charge in [0.2, 0.25) is 0 Å². The van der Waals surface area contributed by atoms with Crippen LogP contribution in [0.5, 0.6) is 0 Å². The first-order chi connectivity index (χ1) is 30.5. The van der Waals surface area contributed by atoms with Gasteiger partial charge in [0.1, 0.15) is 0 Å². The summed E-state index contributed by atoms with van der Waals surface area (Å²) in [6.07, 6.45) is 0.